The summed E-state index contributed by atoms with van der Waals surface area (Å²) in [6.07, 6.45) is 11.8. The third-order valence-corrected chi connectivity index (χ3v) is 10.5. The highest BCUT2D eigenvalue weighted by Crippen LogP contribution is 2.51. The molecule has 6 aromatic carbocycles. The molecule has 0 fully saturated rings. The highest BCUT2D eigenvalue weighted by atomic mass is 16.7. The zero-order valence-electron chi connectivity index (χ0n) is 32.4. The van der Waals surface area contributed by atoms with E-state index < -0.39 is 12.3 Å². The van der Waals surface area contributed by atoms with Crippen molar-refractivity contribution >= 4 is 55.4 Å². The molecule has 6 aromatic rings. The fraction of sp³-hybridized carbons (Fsp3) is 0.375. The van der Waals surface area contributed by atoms with Gasteiger partial charge in [-0.1, -0.05) is 163 Å². The minimum atomic E-state index is -0.692. The van der Waals surface area contributed by atoms with Gasteiger partial charge in [-0.3, -0.25) is 0 Å². The van der Waals surface area contributed by atoms with Crippen LogP contribution in [-0.4, -0.2) is 25.5 Å². The largest absolute Gasteiger partial charge is 0.513 e. The normalized spacial score (nSPS) is 11.4. The van der Waals surface area contributed by atoms with Gasteiger partial charge in [0.15, 0.2) is 11.5 Å². The van der Waals surface area contributed by atoms with Gasteiger partial charge < -0.3 is 18.9 Å². The van der Waals surface area contributed by atoms with Gasteiger partial charge >= 0.3 is 12.3 Å². The number of carbonyl (C=O) groups excluding carboxylic acids is 2. The zero-order chi connectivity index (χ0) is 37.9. The van der Waals surface area contributed by atoms with Crippen LogP contribution in [0.5, 0.6) is 11.5 Å². The molecule has 6 heteroatoms. The van der Waals surface area contributed by atoms with Crippen molar-refractivity contribution in [2.75, 3.05) is 13.2 Å². The van der Waals surface area contributed by atoms with Crippen LogP contribution in [0.3, 0.4) is 0 Å². The molecule has 0 aliphatic carbocycles. The monoisotopic (exact) mass is 726 g/mol. The van der Waals surface area contributed by atoms with E-state index in [2.05, 4.69) is 38.1 Å². The number of carbonyl (C=O) groups is 2. The van der Waals surface area contributed by atoms with E-state index >= 15 is 0 Å². The molecule has 0 amide bonds. The molecule has 6 rings (SSSR count). The van der Waals surface area contributed by atoms with Crippen LogP contribution >= 0.6 is 0 Å². The summed E-state index contributed by atoms with van der Waals surface area (Å²) in [6.45, 7) is 9.16. The van der Waals surface area contributed by atoms with E-state index in [1.54, 1.807) is 0 Å². The number of ether oxygens (including phenoxy) is 4. The maximum Gasteiger partial charge on any atom is 0.513 e. The summed E-state index contributed by atoms with van der Waals surface area (Å²) >= 11 is 0. The van der Waals surface area contributed by atoms with E-state index in [-0.39, 0.29) is 0 Å². The van der Waals surface area contributed by atoms with E-state index in [4.69, 9.17) is 18.9 Å². The van der Waals surface area contributed by atoms with Crippen LogP contribution in [0.4, 0.5) is 9.59 Å². The second kappa shape index (κ2) is 18.8. The minimum Gasteiger partial charge on any atom is -0.434 e. The Bertz CT molecular complexity index is 2080. The Hall–Kier alpha value is -5.10. The maximum absolute atomic E-state index is 13.3. The number of fused-ring (bicyclic) bond motifs is 4. The van der Waals surface area contributed by atoms with Crippen molar-refractivity contribution in [3.8, 4) is 22.6 Å². The molecule has 0 saturated carbocycles. The quantitative estimate of drug-likeness (QED) is 0.0403. The highest BCUT2D eigenvalue weighted by molar-refractivity contribution is 6.27. The van der Waals surface area contributed by atoms with Crippen molar-refractivity contribution in [2.24, 2.45) is 0 Å². The van der Waals surface area contributed by atoms with Gasteiger partial charge in [-0.05, 0) is 70.5 Å². The van der Waals surface area contributed by atoms with Crippen LogP contribution in [0, 0.1) is 13.8 Å². The smallest absolute Gasteiger partial charge is 0.434 e. The maximum atomic E-state index is 13.3. The van der Waals surface area contributed by atoms with Gasteiger partial charge in [0.2, 0.25) is 0 Å². The standard InChI is InChI=1S/C48H54O6/c1-5-7-9-11-13-19-31-51-47(49)53-45-37-27-17-15-25-35(37)43(39-29-21-23-33(3)41(39)45)44-36-26-16-18-28-38(36)46(42-34(4)24-22-30-40(42)44)54-48(50)52-32-20-14-12-10-8-6-2/h15-18,21-30H,5-14,19-20,31-32H2,1-4H3. The zero-order valence-corrected chi connectivity index (χ0v) is 32.4. The summed E-state index contributed by atoms with van der Waals surface area (Å²) in [6, 6.07) is 28.5. The van der Waals surface area contributed by atoms with Crippen LogP contribution in [0.1, 0.15) is 102 Å². The fourth-order valence-electron chi connectivity index (χ4n) is 7.76. The van der Waals surface area contributed by atoms with Crippen molar-refractivity contribution in [1.82, 2.24) is 0 Å². The third kappa shape index (κ3) is 8.65. The minimum absolute atomic E-state index is 0.330. The summed E-state index contributed by atoms with van der Waals surface area (Å²) in [4.78, 5) is 26.5. The van der Waals surface area contributed by atoms with E-state index in [9.17, 15) is 9.59 Å². The van der Waals surface area contributed by atoms with E-state index in [0.29, 0.717) is 24.7 Å². The van der Waals surface area contributed by atoms with Crippen LogP contribution in [0.25, 0.3) is 54.2 Å². The molecule has 0 aliphatic rings. The van der Waals surface area contributed by atoms with Crippen LogP contribution in [0.2, 0.25) is 0 Å². The SMILES string of the molecule is CCCCCCCCOC(=O)Oc1c2ccccc2c(-c2c3ccccc3c(OC(=O)OCCCCCCCC)c3c(C)cccc23)c2cccc(C)c12. The Labute approximate surface area is 319 Å². The lowest BCUT2D eigenvalue weighted by atomic mass is 9.84. The Kier molecular flexibility index (Phi) is 13.4. The Morgan fingerprint density at radius 2 is 0.778 bits per heavy atom. The van der Waals surface area contributed by atoms with Gasteiger partial charge in [-0.25, -0.2) is 9.59 Å². The first-order chi connectivity index (χ1) is 26.4. The molecule has 6 nitrogen and oxygen atoms in total. The van der Waals surface area contributed by atoms with Gasteiger partial charge in [-0.2, -0.15) is 0 Å². The first-order valence-electron chi connectivity index (χ1n) is 20.0. The Morgan fingerprint density at radius 3 is 1.19 bits per heavy atom. The first kappa shape index (κ1) is 38.6. The number of aryl methyl sites for hydroxylation is 2. The first-order valence-corrected chi connectivity index (χ1v) is 20.0. The molecular weight excluding hydrogens is 673 g/mol. The van der Waals surface area contributed by atoms with Crippen molar-refractivity contribution in [3.05, 3.63) is 96.1 Å². The Balaban J connectivity index is 1.43. The molecule has 0 heterocycles. The molecular formula is C48H54O6. The lowest BCUT2D eigenvalue weighted by Gasteiger charge is -2.22. The molecule has 282 valence electrons. The molecule has 0 N–H and O–H groups in total. The molecule has 0 aliphatic heterocycles. The second-order valence-electron chi connectivity index (χ2n) is 14.4. The molecule has 0 spiro atoms. The summed E-state index contributed by atoms with van der Waals surface area (Å²) in [5.41, 5.74) is 3.99. The third-order valence-electron chi connectivity index (χ3n) is 10.5. The van der Waals surface area contributed by atoms with Gasteiger partial charge in [0, 0.05) is 21.5 Å². The summed E-state index contributed by atoms with van der Waals surface area (Å²) in [5.74, 6) is 0.987. The average Bonchev–Trinajstić information content (AvgIpc) is 3.18. The van der Waals surface area contributed by atoms with Crippen LogP contribution in [0.15, 0.2) is 84.9 Å². The van der Waals surface area contributed by atoms with Crippen LogP contribution in [-0.2, 0) is 9.47 Å². The molecule has 0 unspecified atom stereocenters. The predicted octanol–water partition coefficient (Wildman–Crippen LogP) is 14.3. The van der Waals surface area contributed by atoms with Gasteiger partial charge in [0.1, 0.15) is 0 Å². The molecule has 0 bridgehead atoms. The fourth-order valence-corrected chi connectivity index (χ4v) is 7.76. The van der Waals surface area contributed by atoms with Crippen LogP contribution < -0.4 is 9.47 Å². The average molecular weight is 727 g/mol. The van der Waals surface area contributed by atoms with Crippen molar-refractivity contribution in [3.63, 3.8) is 0 Å². The number of unbranched alkanes of at least 4 members (excludes halogenated alkanes) is 10. The number of benzene rings is 6. The second-order valence-corrected chi connectivity index (χ2v) is 14.4. The van der Waals surface area contributed by atoms with E-state index in [1.807, 2.05) is 74.5 Å². The van der Waals surface area contributed by atoms with E-state index in [0.717, 1.165) is 104 Å². The number of hydrogen-bond donors (Lipinski definition) is 0. The highest BCUT2D eigenvalue weighted by Gasteiger charge is 2.25. The molecule has 0 saturated heterocycles. The Morgan fingerprint density at radius 1 is 0.426 bits per heavy atom. The predicted molar refractivity (Wildman–Crippen MR) is 222 cm³/mol. The molecule has 0 aromatic heterocycles. The summed E-state index contributed by atoms with van der Waals surface area (Å²) in [7, 11) is 0. The number of rotatable bonds is 17. The van der Waals surface area contributed by atoms with E-state index in [1.165, 1.54) is 38.5 Å². The molecule has 54 heavy (non-hydrogen) atoms. The van der Waals surface area contributed by atoms with Gasteiger partial charge in [-0.15, -0.1) is 0 Å². The van der Waals surface area contributed by atoms with Crippen molar-refractivity contribution in [2.45, 2.75) is 105 Å². The van der Waals surface area contributed by atoms with Crippen molar-refractivity contribution in [1.29, 1.82) is 0 Å². The van der Waals surface area contributed by atoms with Gasteiger partial charge in [0.05, 0.1) is 13.2 Å². The number of hydrogen-bond acceptors (Lipinski definition) is 6. The summed E-state index contributed by atoms with van der Waals surface area (Å²) < 4.78 is 23.5. The van der Waals surface area contributed by atoms with Crippen molar-refractivity contribution < 1.29 is 28.5 Å². The lowest BCUT2D eigenvalue weighted by molar-refractivity contribution is 0.0972. The topological polar surface area (TPSA) is 71.1 Å². The molecule has 0 atom stereocenters. The van der Waals surface area contributed by atoms with Gasteiger partial charge in [0.25, 0.3) is 0 Å². The summed E-state index contributed by atoms with van der Waals surface area (Å²) in [5, 5.41) is 7.12. The lowest BCUT2D eigenvalue weighted by Crippen LogP contribution is -2.13. The molecule has 0 radical (unpaired) electrons.